The predicted molar refractivity (Wildman–Crippen MR) is 82.6 cm³/mol. The molecule has 1 aromatic carbocycles. The maximum Gasteiger partial charge on any atom is 0.416 e. The minimum atomic E-state index is -4.38. The first kappa shape index (κ1) is 17.0. The lowest BCUT2D eigenvalue weighted by molar-refractivity contribution is -0.137. The van der Waals surface area contributed by atoms with Crippen LogP contribution in [0, 0.1) is 0 Å². The number of halogens is 4. The number of hydrogen-bond donors (Lipinski definition) is 2. The molecule has 0 radical (unpaired) electrons. The fraction of sp³-hybridized carbons (Fsp3) is 0.467. The first-order valence-electron chi connectivity index (χ1n) is 7.20. The van der Waals surface area contributed by atoms with Crippen LogP contribution in [0.5, 0.6) is 0 Å². The second kappa shape index (κ2) is 7.24. The third kappa shape index (κ3) is 4.55. The van der Waals surface area contributed by atoms with E-state index in [0.29, 0.717) is 0 Å². The summed E-state index contributed by atoms with van der Waals surface area (Å²) in [6, 6.07) is 3.21. The van der Waals surface area contributed by atoms with Gasteiger partial charge in [0.25, 0.3) is 0 Å². The van der Waals surface area contributed by atoms with Gasteiger partial charge in [-0.15, -0.1) is 0 Å². The van der Waals surface area contributed by atoms with E-state index in [4.69, 9.17) is 11.6 Å². The lowest BCUT2D eigenvalue weighted by atomic mass is 10.2. The van der Waals surface area contributed by atoms with Crippen molar-refractivity contribution < 1.29 is 13.2 Å². The largest absolute Gasteiger partial charge is 0.416 e. The Bertz CT molecular complexity index is 543. The fourth-order valence-electron chi connectivity index (χ4n) is 2.29. The summed E-state index contributed by atoms with van der Waals surface area (Å²) in [5.74, 6) is 0. The number of rotatable bonds is 5. The van der Waals surface area contributed by atoms with Crippen molar-refractivity contribution in [1.29, 1.82) is 0 Å². The molecule has 22 heavy (non-hydrogen) atoms. The lowest BCUT2D eigenvalue weighted by Gasteiger charge is -2.26. The van der Waals surface area contributed by atoms with E-state index < -0.39 is 11.7 Å². The van der Waals surface area contributed by atoms with Crippen LogP contribution in [-0.2, 0) is 6.18 Å². The van der Waals surface area contributed by atoms with Crippen molar-refractivity contribution in [2.75, 3.05) is 25.1 Å². The van der Waals surface area contributed by atoms with Gasteiger partial charge in [-0.25, -0.2) is 0 Å². The zero-order valence-electron chi connectivity index (χ0n) is 12.3. The third-order valence-corrected chi connectivity index (χ3v) is 3.81. The van der Waals surface area contributed by atoms with Crippen LogP contribution in [0.25, 0.3) is 0 Å². The van der Waals surface area contributed by atoms with Crippen LogP contribution in [-0.4, -0.2) is 24.5 Å². The van der Waals surface area contributed by atoms with Gasteiger partial charge in [-0.2, -0.15) is 13.2 Å². The average Bonchev–Trinajstić information content (AvgIpc) is 2.47. The van der Waals surface area contributed by atoms with Crippen LogP contribution in [0.2, 0.25) is 5.02 Å². The molecule has 0 atom stereocenters. The second-order valence-corrected chi connectivity index (χ2v) is 5.63. The normalized spacial score (nSPS) is 16.3. The Kier molecular flexibility index (Phi) is 5.58. The maximum atomic E-state index is 12.7. The summed E-state index contributed by atoms with van der Waals surface area (Å²) < 4.78 is 38.1. The van der Waals surface area contributed by atoms with E-state index in [1.807, 2.05) is 6.08 Å². The van der Waals surface area contributed by atoms with Gasteiger partial charge < -0.3 is 5.43 Å². The zero-order chi connectivity index (χ0) is 16.2. The molecule has 0 aliphatic carbocycles. The van der Waals surface area contributed by atoms with Gasteiger partial charge in [0, 0.05) is 25.2 Å². The molecule has 0 amide bonds. The van der Waals surface area contributed by atoms with Crippen LogP contribution in [0.15, 0.2) is 30.0 Å². The van der Waals surface area contributed by atoms with Gasteiger partial charge >= 0.3 is 6.18 Å². The van der Waals surface area contributed by atoms with Gasteiger partial charge in [-0.05, 0) is 37.2 Å². The predicted octanol–water partition coefficient (Wildman–Crippen LogP) is 4.27. The van der Waals surface area contributed by atoms with Crippen molar-refractivity contribution in [2.24, 2.45) is 0 Å². The van der Waals surface area contributed by atoms with E-state index in [2.05, 4.69) is 22.7 Å². The first-order chi connectivity index (χ1) is 10.4. The molecule has 2 N–H and O–H groups in total. The third-order valence-electron chi connectivity index (χ3n) is 3.48. The Hall–Kier alpha value is -1.40. The zero-order valence-corrected chi connectivity index (χ0v) is 13.1. The molecule has 0 bridgehead atoms. The molecule has 1 aliphatic rings. The van der Waals surface area contributed by atoms with E-state index in [-0.39, 0.29) is 10.7 Å². The Morgan fingerprint density at radius 2 is 2.05 bits per heavy atom. The molecule has 0 spiro atoms. The van der Waals surface area contributed by atoms with Crippen molar-refractivity contribution in [3.8, 4) is 0 Å². The van der Waals surface area contributed by atoms with Gasteiger partial charge in [-0.1, -0.05) is 18.5 Å². The van der Waals surface area contributed by atoms with Gasteiger partial charge in [0.1, 0.15) is 0 Å². The summed E-state index contributed by atoms with van der Waals surface area (Å²) in [7, 11) is 0. The van der Waals surface area contributed by atoms with E-state index >= 15 is 0 Å². The van der Waals surface area contributed by atoms with E-state index in [0.717, 1.165) is 50.3 Å². The van der Waals surface area contributed by atoms with Gasteiger partial charge in [-0.3, -0.25) is 10.3 Å². The van der Waals surface area contributed by atoms with E-state index in [1.54, 1.807) is 0 Å². The molecule has 0 fully saturated rings. The van der Waals surface area contributed by atoms with Crippen LogP contribution >= 0.6 is 11.6 Å². The highest BCUT2D eigenvalue weighted by atomic mass is 35.5. The van der Waals surface area contributed by atoms with Crippen LogP contribution in [0.1, 0.15) is 25.3 Å². The Balaban J connectivity index is 1.97. The minimum Gasteiger partial charge on any atom is -0.305 e. The molecule has 0 saturated heterocycles. The Morgan fingerprint density at radius 1 is 1.27 bits per heavy atom. The molecule has 1 aromatic rings. The Labute approximate surface area is 133 Å². The molecule has 0 aromatic heterocycles. The summed E-state index contributed by atoms with van der Waals surface area (Å²) in [5, 5.41) is 0.240. The van der Waals surface area contributed by atoms with Crippen LogP contribution in [0.4, 0.5) is 18.9 Å². The number of alkyl halides is 3. The van der Waals surface area contributed by atoms with Crippen molar-refractivity contribution in [2.45, 2.75) is 25.9 Å². The maximum absolute atomic E-state index is 12.7. The smallest absolute Gasteiger partial charge is 0.305 e. The molecule has 0 unspecified atom stereocenters. The monoisotopic (exact) mass is 333 g/mol. The molecular weight excluding hydrogens is 315 g/mol. The molecule has 1 aliphatic heterocycles. The molecular formula is C15H19ClF3N3. The van der Waals surface area contributed by atoms with Crippen molar-refractivity contribution in [3.05, 3.63) is 40.6 Å². The molecule has 1 heterocycles. The number of hydrazine groups is 1. The number of anilines is 1. The highest BCUT2D eigenvalue weighted by Crippen LogP contribution is 2.33. The summed E-state index contributed by atoms with van der Waals surface area (Å²) in [6.45, 7) is 4.96. The topological polar surface area (TPSA) is 27.3 Å². The van der Waals surface area contributed by atoms with Gasteiger partial charge in [0.05, 0.1) is 16.3 Å². The van der Waals surface area contributed by atoms with Crippen molar-refractivity contribution in [1.82, 2.24) is 10.3 Å². The quantitative estimate of drug-likeness (QED) is 0.788. The standard InChI is InChI=1S/C15H19ClF3N3/c1-2-7-22-8-5-12(6-9-22)20-21-14-10-11(15(17,18)19)3-4-13(14)16/h3-5,10,20-21H,2,6-9H2,1H3. The molecule has 3 nitrogen and oxygen atoms in total. The summed E-state index contributed by atoms with van der Waals surface area (Å²) in [4.78, 5) is 2.32. The van der Waals surface area contributed by atoms with Crippen LogP contribution in [0.3, 0.4) is 0 Å². The summed E-state index contributed by atoms with van der Waals surface area (Å²) in [5.41, 5.74) is 6.17. The molecule has 7 heteroatoms. The van der Waals surface area contributed by atoms with Crippen molar-refractivity contribution in [3.63, 3.8) is 0 Å². The first-order valence-corrected chi connectivity index (χ1v) is 7.58. The van der Waals surface area contributed by atoms with Crippen LogP contribution < -0.4 is 10.9 Å². The van der Waals surface area contributed by atoms with E-state index in [9.17, 15) is 13.2 Å². The number of benzene rings is 1. The SMILES string of the molecule is CCCN1CC=C(NNc2cc(C(F)(F)F)ccc2Cl)CC1. The summed E-state index contributed by atoms with van der Waals surface area (Å²) >= 11 is 5.93. The van der Waals surface area contributed by atoms with Crippen molar-refractivity contribution >= 4 is 17.3 Å². The van der Waals surface area contributed by atoms with E-state index in [1.165, 1.54) is 6.07 Å². The highest BCUT2D eigenvalue weighted by molar-refractivity contribution is 6.33. The molecule has 122 valence electrons. The Morgan fingerprint density at radius 3 is 2.64 bits per heavy atom. The molecule has 2 rings (SSSR count). The number of nitrogens with one attached hydrogen (secondary N) is 2. The highest BCUT2D eigenvalue weighted by Gasteiger charge is 2.31. The number of hydrogen-bond acceptors (Lipinski definition) is 3. The number of nitrogens with zero attached hydrogens (tertiary/aromatic N) is 1. The minimum absolute atomic E-state index is 0.216. The lowest BCUT2D eigenvalue weighted by Crippen LogP contribution is -2.34. The average molecular weight is 334 g/mol. The van der Waals surface area contributed by atoms with Gasteiger partial charge in [0.15, 0.2) is 0 Å². The fourth-order valence-corrected chi connectivity index (χ4v) is 2.45. The second-order valence-electron chi connectivity index (χ2n) is 5.22. The summed E-state index contributed by atoms with van der Waals surface area (Å²) in [6.07, 6.45) is -0.419. The van der Waals surface area contributed by atoms with Gasteiger partial charge in [0.2, 0.25) is 0 Å². The molecule has 0 saturated carbocycles.